The van der Waals surface area contributed by atoms with Crippen molar-refractivity contribution in [3.8, 4) is 0 Å². The molecule has 1 aliphatic rings. The Bertz CT molecular complexity index is 400. The Hall–Kier alpha value is -0.320. The van der Waals surface area contributed by atoms with Crippen molar-refractivity contribution in [2.45, 2.75) is 31.9 Å². The topological polar surface area (TPSA) is 38.5 Å². The molecule has 0 spiro atoms. The number of nitrogens with zero attached hydrogens (tertiary/aromatic N) is 1. The molecule has 2 N–H and O–H groups in total. The van der Waals surface area contributed by atoms with Gasteiger partial charge in [-0.05, 0) is 49.6 Å². The summed E-state index contributed by atoms with van der Waals surface area (Å²) in [6.07, 6.45) is 3.50. The van der Waals surface area contributed by atoms with Crippen molar-refractivity contribution in [1.82, 2.24) is 4.90 Å². The van der Waals surface area contributed by atoms with Crippen LogP contribution in [0.1, 0.15) is 24.8 Å². The molecule has 1 aliphatic heterocycles. The van der Waals surface area contributed by atoms with Crippen LogP contribution in [0.2, 0.25) is 10.0 Å². The number of ether oxygens (including phenoxy) is 1. The summed E-state index contributed by atoms with van der Waals surface area (Å²) in [5.41, 5.74) is 6.64. The molecule has 112 valence electrons. The van der Waals surface area contributed by atoms with Gasteiger partial charge in [0.05, 0.1) is 6.10 Å². The molecular weight excluding hydrogens is 295 g/mol. The molecule has 1 aromatic carbocycles. The number of halogens is 2. The lowest BCUT2D eigenvalue weighted by atomic mass is 10.1. The summed E-state index contributed by atoms with van der Waals surface area (Å²) in [5, 5.41) is 1.40. The zero-order valence-corrected chi connectivity index (χ0v) is 13.2. The van der Waals surface area contributed by atoms with Gasteiger partial charge < -0.3 is 10.5 Å². The number of nitrogens with two attached hydrogens (primary N) is 1. The second kappa shape index (κ2) is 8.20. The van der Waals surface area contributed by atoms with Crippen molar-refractivity contribution in [2.24, 2.45) is 5.73 Å². The van der Waals surface area contributed by atoms with Gasteiger partial charge in [0.25, 0.3) is 0 Å². The van der Waals surface area contributed by atoms with E-state index < -0.39 is 0 Å². The minimum atomic E-state index is 0.390. The van der Waals surface area contributed by atoms with Gasteiger partial charge in [-0.25, -0.2) is 0 Å². The van der Waals surface area contributed by atoms with Crippen molar-refractivity contribution < 1.29 is 4.74 Å². The standard InChI is InChI=1S/C15H22Cl2N2O/c16-13-8-12(9-14(17)10-13)11-19-5-2-15(3-6-19)20-7-1-4-18/h8-10,15H,1-7,11,18H2. The quantitative estimate of drug-likeness (QED) is 0.818. The molecule has 3 nitrogen and oxygen atoms in total. The van der Waals surface area contributed by atoms with E-state index in [-0.39, 0.29) is 0 Å². The molecule has 0 radical (unpaired) electrons. The summed E-state index contributed by atoms with van der Waals surface area (Å²) in [6, 6.07) is 5.73. The first-order chi connectivity index (χ1) is 9.67. The summed E-state index contributed by atoms with van der Waals surface area (Å²) in [4.78, 5) is 2.42. The molecule has 2 rings (SSSR count). The van der Waals surface area contributed by atoms with Crippen molar-refractivity contribution in [2.75, 3.05) is 26.2 Å². The van der Waals surface area contributed by atoms with Crippen LogP contribution in [-0.2, 0) is 11.3 Å². The van der Waals surface area contributed by atoms with E-state index >= 15 is 0 Å². The first-order valence-corrected chi connectivity index (χ1v) is 7.92. The third-order valence-electron chi connectivity index (χ3n) is 3.57. The Labute approximate surface area is 131 Å². The number of benzene rings is 1. The molecule has 1 saturated heterocycles. The van der Waals surface area contributed by atoms with Crippen LogP contribution in [0.15, 0.2) is 18.2 Å². The zero-order valence-electron chi connectivity index (χ0n) is 11.7. The monoisotopic (exact) mass is 316 g/mol. The molecule has 0 atom stereocenters. The number of hydrogen-bond donors (Lipinski definition) is 1. The average Bonchev–Trinajstić information content (AvgIpc) is 2.40. The lowest BCUT2D eigenvalue weighted by Crippen LogP contribution is -2.36. The summed E-state index contributed by atoms with van der Waals surface area (Å²) in [5.74, 6) is 0. The van der Waals surface area contributed by atoms with Crippen molar-refractivity contribution in [3.63, 3.8) is 0 Å². The van der Waals surface area contributed by atoms with Crippen molar-refractivity contribution in [3.05, 3.63) is 33.8 Å². The molecule has 1 aromatic rings. The van der Waals surface area contributed by atoms with Crippen LogP contribution in [-0.4, -0.2) is 37.2 Å². The third-order valence-corrected chi connectivity index (χ3v) is 4.00. The third kappa shape index (κ3) is 5.23. The van der Waals surface area contributed by atoms with Crippen LogP contribution in [0.3, 0.4) is 0 Å². The molecule has 5 heteroatoms. The molecule has 0 aromatic heterocycles. The predicted octanol–water partition coefficient (Wildman–Crippen LogP) is 3.32. The number of piperidine rings is 1. The summed E-state index contributed by atoms with van der Waals surface area (Å²) >= 11 is 12.1. The fraction of sp³-hybridized carbons (Fsp3) is 0.600. The van der Waals surface area contributed by atoms with E-state index in [1.165, 1.54) is 5.56 Å². The maximum Gasteiger partial charge on any atom is 0.0599 e. The molecule has 20 heavy (non-hydrogen) atoms. The summed E-state index contributed by atoms with van der Waals surface area (Å²) < 4.78 is 5.81. The van der Waals surface area contributed by atoms with E-state index in [4.69, 9.17) is 33.7 Å². The Morgan fingerprint density at radius 3 is 2.40 bits per heavy atom. The smallest absolute Gasteiger partial charge is 0.0599 e. The maximum atomic E-state index is 6.03. The fourth-order valence-electron chi connectivity index (χ4n) is 2.53. The summed E-state index contributed by atoms with van der Waals surface area (Å²) in [7, 11) is 0. The molecule has 0 amide bonds. The van der Waals surface area contributed by atoms with Crippen LogP contribution in [0, 0.1) is 0 Å². The second-order valence-electron chi connectivity index (χ2n) is 5.27. The highest BCUT2D eigenvalue weighted by Crippen LogP contribution is 2.22. The van der Waals surface area contributed by atoms with E-state index in [0.29, 0.717) is 22.7 Å². The fourth-order valence-corrected chi connectivity index (χ4v) is 3.10. The van der Waals surface area contributed by atoms with E-state index in [1.807, 2.05) is 12.1 Å². The first-order valence-electron chi connectivity index (χ1n) is 7.16. The lowest BCUT2D eigenvalue weighted by Gasteiger charge is -2.32. The number of rotatable bonds is 6. The predicted molar refractivity (Wildman–Crippen MR) is 84.4 cm³/mol. The van der Waals surface area contributed by atoms with Crippen LogP contribution >= 0.6 is 23.2 Å². The molecule has 0 bridgehead atoms. The zero-order chi connectivity index (χ0) is 14.4. The molecule has 1 heterocycles. The Balaban J connectivity index is 1.76. The van der Waals surface area contributed by atoms with Gasteiger partial charge in [-0.1, -0.05) is 23.2 Å². The SMILES string of the molecule is NCCCOC1CCN(Cc2cc(Cl)cc(Cl)c2)CC1. The minimum absolute atomic E-state index is 0.390. The van der Waals surface area contributed by atoms with E-state index in [0.717, 1.165) is 45.5 Å². The van der Waals surface area contributed by atoms with Gasteiger partial charge in [-0.15, -0.1) is 0 Å². The van der Waals surface area contributed by atoms with Gasteiger partial charge in [0.15, 0.2) is 0 Å². The van der Waals surface area contributed by atoms with Gasteiger partial charge >= 0.3 is 0 Å². The van der Waals surface area contributed by atoms with Crippen molar-refractivity contribution >= 4 is 23.2 Å². The first kappa shape index (κ1) is 16.1. The highest BCUT2D eigenvalue weighted by Gasteiger charge is 2.19. The van der Waals surface area contributed by atoms with Crippen LogP contribution in [0.25, 0.3) is 0 Å². The molecule has 0 unspecified atom stereocenters. The van der Waals surface area contributed by atoms with Gasteiger partial charge in [-0.3, -0.25) is 4.90 Å². The Kier molecular flexibility index (Phi) is 6.59. The lowest BCUT2D eigenvalue weighted by molar-refractivity contribution is 0.00563. The minimum Gasteiger partial charge on any atom is -0.378 e. The highest BCUT2D eigenvalue weighted by molar-refractivity contribution is 6.34. The average molecular weight is 317 g/mol. The molecule has 0 saturated carbocycles. The van der Waals surface area contributed by atoms with E-state index in [9.17, 15) is 0 Å². The molecule has 0 aliphatic carbocycles. The number of likely N-dealkylation sites (tertiary alicyclic amines) is 1. The molecular formula is C15H22Cl2N2O. The van der Waals surface area contributed by atoms with Gasteiger partial charge in [0.2, 0.25) is 0 Å². The van der Waals surface area contributed by atoms with E-state index in [2.05, 4.69) is 4.90 Å². The van der Waals surface area contributed by atoms with Crippen LogP contribution in [0.5, 0.6) is 0 Å². The maximum absolute atomic E-state index is 6.03. The van der Waals surface area contributed by atoms with Gasteiger partial charge in [0, 0.05) is 36.3 Å². The van der Waals surface area contributed by atoms with Crippen LogP contribution in [0.4, 0.5) is 0 Å². The number of hydrogen-bond acceptors (Lipinski definition) is 3. The largest absolute Gasteiger partial charge is 0.378 e. The Morgan fingerprint density at radius 2 is 1.80 bits per heavy atom. The van der Waals surface area contributed by atoms with Gasteiger partial charge in [-0.2, -0.15) is 0 Å². The Morgan fingerprint density at radius 1 is 1.15 bits per heavy atom. The summed E-state index contributed by atoms with van der Waals surface area (Å²) in [6.45, 7) is 4.49. The molecule has 1 fully saturated rings. The van der Waals surface area contributed by atoms with Gasteiger partial charge in [0.1, 0.15) is 0 Å². The second-order valence-corrected chi connectivity index (χ2v) is 6.14. The normalized spacial score (nSPS) is 17.6. The van der Waals surface area contributed by atoms with Crippen LogP contribution < -0.4 is 5.73 Å². The highest BCUT2D eigenvalue weighted by atomic mass is 35.5. The van der Waals surface area contributed by atoms with Crippen molar-refractivity contribution in [1.29, 1.82) is 0 Å². The van der Waals surface area contributed by atoms with E-state index in [1.54, 1.807) is 6.07 Å².